The third kappa shape index (κ3) is 4.09. The van der Waals surface area contributed by atoms with E-state index in [-0.39, 0.29) is 23.4 Å². The lowest BCUT2D eigenvalue weighted by Crippen LogP contribution is -2.49. The van der Waals surface area contributed by atoms with Gasteiger partial charge in [0.1, 0.15) is 23.4 Å². The van der Waals surface area contributed by atoms with Crippen LogP contribution in [-0.2, 0) is 0 Å². The molecule has 0 aliphatic carbocycles. The number of hydrogen-bond donors (Lipinski definition) is 2. The van der Waals surface area contributed by atoms with Gasteiger partial charge in [-0.25, -0.2) is 19.2 Å². The molecule has 2 aromatic rings. The summed E-state index contributed by atoms with van der Waals surface area (Å²) in [7, 11) is 0. The zero-order valence-corrected chi connectivity index (χ0v) is 16.3. The van der Waals surface area contributed by atoms with E-state index in [1.54, 1.807) is 6.07 Å². The second kappa shape index (κ2) is 7.67. The SMILES string of the molecule is C[C@@H](NC(=O)c1ccc2c(n1)N(C(=O)Nc1ccc(F)cn1)C1CCN2C1)C(F)(F)F. The Morgan fingerprint density at radius 3 is 2.68 bits per heavy atom. The second-order valence-corrected chi connectivity index (χ2v) is 7.33. The first-order valence-corrected chi connectivity index (χ1v) is 9.49. The molecule has 4 rings (SSSR count). The number of amides is 3. The van der Waals surface area contributed by atoms with E-state index < -0.39 is 30.0 Å². The van der Waals surface area contributed by atoms with E-state index in [1.165, 1.54) is 17.0 Å². The Hall–Kier alpha value is -3.44. The lowest BCUT2D eigenvalue weighted by atomic mass is 10.1. The molecule has 164 valence electrons. The third-order valence-electron chi connectivity index (χ3n) is 5.20. The molecule has 0 radical (unpaired) electrons. The van der Waals surface area contributed by atoms with Crippen LogP contribution >= 0.6 is 0 Å². The van der Waals surface area contributed by atoms with Crippen LogP contribution in [0.4, 0.5) is 39.7 Å². The molecule has 2 aromatic heterocycles. The van der Waals surface area contributed by atoms with E-state index in [2.05, 4.69) is 15.3 Å². The molecule has 1 unspecified atom stereocenters. The molecule has 1 fully saturated rings. The van der Waals surface area contributed by atoms with E-state index >= 15 is 0 Å². The fourth-order valence-electron chi connectivity index (χ4n) is 3.57. The van der Waals surface area contributed by atoms with Crippen molar-refractivity contribution in [2.45, 2.75) is 31.6 Å². The van der Waals surface area contributed by atoms with Crippen LogP contribution in [0, 0.1) is 5.82 Å². The van der Waals surface area contributed by atoms with Crippen molar-refractivity contribution in [1.29, 1.82) is 0 Å². The van der Waals surface area contributed by atoms with Crippen molar-refractivity contribution in [3.8, 4) is 0 Å². The Morgan fingerprint density at radius 2 is 2.00 bits per heavy atom. The first-order valence-electron chi connectivity index (χ1n) is 9.49. The topological polar surface area (TPSA) is 90.5 Å². The molecule has 3 amide bonds. The molecule has 2 N–H and O–H groups in total. The maximum atomic E-state index is 13.1. The maximum absolute atomic E-state index is 13.1. The molecular formula is C19H18F4N6O2. The Morgan fingerprint density at radius 1 is 1.23 bits per heavy atom. The molecule has 0 spiro atoms. The number of halogens is 4. The molecule has 1 saturated heterocycles. The lowest BCUT2D eigenvalue weighted by Gasteiger charge is -2.35. The van der Waals surface area contributed by atoms with Crippen LogP contribution < -0.4 is 20.4 Å². The summed E-state index contributed by atoms with van der Waals surface area (Å²) in [5, 5.41) is 4.43. The largest absolute Gasteiger partial charge is 0.408 e. The van der Waals surface area contributed by atoms with Gasteiger partial charge in [-0.15, -0.1) is 0 Å². The summed E-state index contributed by atoms with van der Waals surface area (Å²) < 4.78 is 51.4. The van der Waals surface area contributed by atoms with Crippen molar-refractivity contribution in [2.24, 2.45) is 0 Å². The Labute approximate surface area is 174 Å². The van der Waals surface area contributed by atoms with Gasteiger partial charge >= 0.3 is 12.2 Å². The van der Waals surface area contributed by atoms with Gasteiger partial charge in [0.15, 0.2) is 5.82 Å². The van der Waals surface area contributed by atoms with Gasteiger partial charge in [0.25, 0.3) is 5.91 Å². The van der Waals surface area contributed by atoms with Crippen molar-refractivity contribution >= 4 is 29.3 Å². The number of urea groups is 1. The fraction of sp³-hybridized carbons (Fsp3) is 0.368. The Kier molecular flexibility index (Phi) is 5.15. The van der Waals surface area contributed by atoms with Gasteiger partial charge in [-0.2, -0.15) is 13.2 Å². The average Bonchev–Trinajstić information content (AvgIpc) is 3.13. The van der Waals surface area contributed by atoms with Gasteiger partial charge in [-0.05, 0) is 37.6 Å². The van der Waals surface area contributed by atoms with Crippen LogP contribution in [0.15, 0.2) is 30.5 Å². The van der Waals surface area contributed by atoms with Gasteiger partial charge in [0.05, 0.1) is 17.9 Å². The summed E-state index contributed by atoms with van der Waals surface area (Å²) >= 11 is 0. The van der Waals surface area contributed by atoms with E-state index in [0.29, 0.717) is 25.2 Å². The average molecular weight is 438 g/mol. The minimum Gasteiger partial charge on any atom is -0.366 e. The van der Waals surface area contributed by atoms with Gasteiger partial charge in [-0.3, -0.25) is 15.0 Å². The van der Waals surface area contributed by atoms with Gasteiger partial charge in [0, 0.05) is 13.1 Å². The molecule has 4 heterocycles. The van der Waals surface area contributed by atoms with Gasteiger partial charge in [0.2, 0.25) is 0 Å². The number of rotatable bonds is 3. The van der Waals surface area contributed by atoms with Crippen LogP contribution in [0.2, 0.25) is 0 Å². The zero-order chi connectivity index (χ0) is 22.3. The maximum Gasteiger partial charge on any atom is 0.408 e. The number of pyridine rings is 2. The smallest absolute Gasteiger partial charge is 0.366 e. The first kappa shape index (κ1) is 20.8. The van der Waals surface area contributed by atoms with Crippen LogP contribution in [0.5, 0.6) is 0 Å². The third-order valence-corrected chi connectivity index (χ3v) is 5.20. The molecule has 31 heavy (non-hydrogen) atoms. The summed E-state index contributed by atoms with van der Waals surface area (Å²) in [6, 6.07) is 2.46. The molecular weight excluding hydrogens is 420 g/mol. The highest BCUT2D eigenvalue weighted by molar-refractivity contribution is 6.05. The predicted molar refractivity (Wildman–Crippen MR) is 104 cm³/mol. The van der Waals surface area contributed by atoms with Crippen molar-refractivity contribution in [3.05, 3.63) is 42.0 Å². The number of carbonyl (C=O) groups is 2. The van der Waals surface area contributed by atoms with Crippen LogP contribution in [0.3, 0.4) is 0 Å². The van der Waals surface area contributed by atoms with Crippen LogP contribution in [0.25, 0.3) is 0 Å². The number of nitrogens with one attached hydrogen (secondary N) is 2. The minimum atomic E-state index is -4.59. The highest BCUT2D eigenvalue weighted by Crippen LogP contribution is 2.39. The van der Waals surface area contributed by atoms with Crippen molar-refractivity contribution < 1.29 is 27.2 Å². The van der Waals surface area contributed by atoms with E-state index in [0.717, 1.165) is 19.2 Å². The van der Waals surface area contributed by atoms with E-state index in [4.69, 9.17) is 0 Å². The summed E-state index contributed by atoms with van der Waals surface area (Å²) in [6.45, 7) is 2.04. The molecule has 0 aromatic carbocycles. The van der Waals surface area contributed by atoms with Crippen molar-refractivity contribution in [1.82, 2.24) is 15.3 Å². The molecule has 2 bridgehead atoms. The fourth-order valence-corrected chi connectivity index (χ4v) is 3.57. The number of alkyl halides is 3. The Bertz CT molecular complexity index is 1010. The molecule has 12 heteroatoms. The number of carbonyl (C=O) groups excluding carboxylic acids is 2. The standard InChI is InChI=1S/C19H18F4N6O2/c1-10(19(21,22)23)25-17(30)13-3-4-14-16(26-13)29(12-6-7-28(14)9-12)18(31)27-15-5-2-11(20)8-24-15/h2-5,8,10,12H,6-7,9H2,1H3,(H,25,30)(H,24,27,31)/t10-,12?/m1/s1. The quantitative estimate of drug-likeness (QED) is 0.720. The number of hydrogen-bond acceptors (Lipinski definition) is 5. The normalized spacial score (nSPS) is 18.4. The number of aromatic nitrogens is 2. The summed E-state index contributed by atoms with van der Waals surface area (Å²) in [5.41, 5.74) is 0.353. The van der Waals surface area contributed by atoms with Crippen molar-refractivity contribution in [2.75, 3.05) is 28.2 Å². The van der Waals surface area contributed by atoms with Crippen LogP contribution in [0.1, 0.15) is 23.8 Å². The van der Waals surface area contributed by atoms with Crippen LogP contribution in [-0.4, -0.2) is 53.3 Å². The zero-order valence-electron chi connectivity index (χ0n) is 16.3. The summed E-state index contributed by atoms with van der Waals surface area (Å²) in [4.78, 5) is 36.7. The number of nitrogens with zero attached hydrogens (tertiary/aromatic N) is 4. The molecule has 2 aliphatic heterocycles. The van der Waals surface area contributed by atoms with E-state index in [1.807, 2.05) is 10.2 Å². The van der Waals surface area contributed by atoms with Gasteiger partial charge < -0.3 is 10.2 Å². The monoisotopic (exact) mass is 438 g/mol. The number of fused-ring (bicyclic) bond motifs is 4. The highest BCUT2D eigenvalue weighted by atomic mass is 19.4. The second-order valence-electron chi connectivity index (χ2n) is 7.33. The lowest BCUT2D eigenvalue weighted by molar-refractivity contribution is -0.149. The number of anilines is 3. The van der Waals surface area contributed by atoms with Gasteiger partial charge in [-0.1, -0.05) is 0 Å². The molecule has 0 saturated carbocycles. The predicted octanol–water partition coefficient (Wildman–Crippen LogP) is 2.93. The minimum absolute atomic E-state index is 0.126. The highest BCUT2D eigenvalue weighted by Gasteiger charge is 2.41. The summed E-state index contributed by atoms with van der Waals surface area (Å²) in [5.74, 6) is -1.26. The summed E-state index contributed by atoms with van der Waals surface area (Å²) in [6.07, 6.45) is -2.99. The molecule has 2 aliphatic rings. The first-order chi connectivity index (χ1) is 14.6. The molecule has 2 atom stereocenters. The van der Waals surface area contributed by atoms with Crippen molar-refractivity contribution in [3.63, 3.8) is 0 Å². The van der Waals surface area contributed by atoms with E-state index in [9.17, 15) is 27.2 Å². The molecule has 8 nitrogen and oxygen atoms in total. The Balaban J connectivity index is 1.62.